The molecular formula is C15H20N4. The summed E-state index contributed by atoms with van der Waals surface area (Å²) in [6.45, 7) is 8.39. The van der Waals surface area contributed by atoms with E-state index in [0.717, 1.165) is 37.8 Å². The Balaban J connectivity index is 2.04. The molecule has 4 nitrogen and oxygen atoms in total. The van der Waals surface area contributed by atoms with Gasteiger partial charge in [0.25, 0.3) is 0 Å². The van der Waals surface area contributed by atoms with Gasteiger partial charge in [0.05, 0.1) is 12.4 Å². The highest BCUT2D eigenvalue weighted by molar-refractivity contribution is 5.70. The Kier molecular flexibility index (Phi) is 3.25. The summed E-state index contributed by atoms with van der Waals surface area (Å²) in [5.74, 6) is 1.12. The van der Waals surface area contributed by atoms with Gasteiger partial charge < -0.3 is 4.90 Å². The van der Waals surface area contributed by atoms with Crippen LogP contribution < -0.4 is 4.90 Å². The van der Waals surface area contributed by atoms with Crippen molar-refractivity contribution in [1.29, 1.82) is 0 Å². The van der Waals surface area contributed by atoms with Crippen molar-refractivity contribution in [2.75, 3.05) is 24.7 Å². The highest BCUT2D eigenvalue weighted by atomic mass is 15.4. The molecule has 0 saturated carbocycles. The van der Waals surface area contributed by atoms with E-state index in [0.29, 0.717) is 0 Å². The molecule has 1 aliphatic rings. The van der Waals surface area contributed by atoms with Crippen LogP contribution in [0.25, 0.3) is 11.3 Å². The number of rotatable bonds is 3. The van der Waals surface area contributed by atoms with Crippen molar-refractivity contribution in [2.45, 2.75) is 20.4 Å². The van der Waals surface area contributed by atoms with E-state index in [1.165, 1.54) is 11.1 Å². The lowest BCUT2D eigenvalue weighted by Crippen LogP contribution is -2.42. The monoisotopic (exact) mass is 256 g/mol. The van der Waals surface area contributed by atoms with Crippen molar-refractivity contribution < 1.29 is 0 Å². The molecular weight excluding hydrogens is 236 g/mol. The van der Waals surface area contributed by atoms with E-state index in [4.69, 9.17) is 0 Å². The molecule has 3 rings (SSSR count). The standard InChI is InChI=1S/C15H20N4/c1-3-18-10-13-14(12-8-6-5-7-9-12)16-17-15(13)19(4-2)11-18/h5-9H,3-4,10-11H2,1-2H3,(H,16,17). The molecule has 0 saturated heterocycles. The minimum atomic E-state index is 0.971. The van der Waals surface area contributed by atoms with E-state index in [1.54, 1.807) is 0 Å². The van der Waals surface area contributed by atoms with Crippen LogP contribution >= 0.6 is 0 Å². The summed E-state index contributed by atoms with van der Waals surface area (Å²) in [7, 11) is 0. The Bertz CT molecular complexity index is 547. The summed E-state index contributed by atoms with van der Waals surface area (Å²) in [6.07, 6.45) is 0. The van der Waals surface area contributed by atoms with Gasteiger partial charge >= 0.3 is 0 Å². The van der Waals surface area contributed by atoms with Crippen molar-refractivity contribution in [3.8, 4) is 11.3 Å². The van der Waals surface area contributed by atoms with Crippen molar-refractivity contribution >= 4 is 5.82 Å². The van der Waals surface area contributed by atoms with Crippen LogP contribution in [0.5, 0.6) is 0 Å². The summed E-state index contributed by atoms with van der Waals surface area (Å²) in [5, 5.41) is 7.75. The fourth-order valence-electron chi connectivity index (χ4n) is 2.65. The number of fused-ring (bicyclic) bond motifs is 1. The van der Waals surface area contributed by atoms with Crippen LogP contribution in [0.15, 0.2) is 30.3 Å². The van der Waals surface area contributed by atoms with Gasteiger partial charge in [-0.05, 0) is 19.0 Å². The number of hydrogen-bond donors (Lipinski definition) is 1. The average molecular weight is 256 g/mol. The van der Waals surface area contributed by atoms with E-state index in [1.807, 2.05) is 6.07 Å². The lowest BCUT2D eigenvalue weighted by molar-refractivity contribution is 0.266. The Morgan fingerprint density at radius 1 is 1.16 bits per heavy atom. The van der Waals surface area contributed by atoms with Crippen molar-refractivity contribution in [3.05, 3.63) is 35.9 Å². The number of H-pyrrole nitrogens is 1. The van der Waals surface area contributed by atoms with Gasteiger partial charge in [0.1, 0.15) is 0 Å². The number of aromatic amines is 1. The quantitative estimate of drug-likeness (QED) is 0.917. The third-order valence-corrected chi connectivity index (χ3v) is 3.79. The maximum atomic E-state index is 4.53. The van der Waals surface area contributed by atoms with Crippen LogP contribution in [0.3, 0.4) is 0 Å². The normalized spacial score (nSPS) is 15.6. The minimum absolute atomic E-state index is 0.971. The largest absolute Gasteiger partial charge is 0.342 e. The van der Waals surface area contributed by atoms with Gasteiger partial charge in [0.15, 0.2) is 5.82 Å². The second-order valence-corrected chi connectivity index (χ2v) is 4.91. The molecule has 0 fully saturated rings. The SMILES string of the molecule is CCN1Cc2c(n[nH]c2-c2ccccc2)N(CC)C1. The molecule has 0 aliphatic carbocycles. The number of hydrogen-bond acceptors (Lipinski definition) is 3. The van der Waals surface area contributed by atoms with E-state index >= 15 is 0 Å². The number of aromatic nitrogens is 2. The van der Waals surface area contributed by atoms with E-state index in [9.17, 15) is 0 Å². The molecule has 2 aromatic rings. The predicted octanol–water partition coefficient (Wildman–Crippen LogP) is 2.70. The predicted molar refractivity (Wildman–Crippen MR) is 78.0 cm³/mol. The summed E-state index contributed by atoms with van der Waals surface area (Å²) in [5.41, 5.74) is 3.69. The highest BCUT2D eigenvalue weighted by Crippen LogP contribution is 2.32. The zero-order chi connectivity index (χ0) is 13.2. The van der Waals surface area contributed by atoms with E-state index < -0.39 is 0 Å². The first-order valence-electron chi connectivity index (χ1n) is 6.93. The molecule has 100 valence electrons. The second-order valence-electron chi connectivity index (χ2n) is 4.91. The van der Waals surface area contributed by atoms with Gasteiger partial charge in [-0.3, -0.25) is 10.00 Å². The van der Waals surface area contributed by atoms with Crippen LogP contribution in [-0.2, 0) is 6.54 Å². The van der Waals surface area contributed by atoms with Gasteiger partial charge in [-0.2, -0.15) is 5.10 Å². The zero-order valence-corrected chi connectivity index (χ0v) is 11.6. The summed E-state index contributed by atoms with van der Waals surface area (Å²) in [6, 6.07) is 10.5. The average Bonchev–Trinajstić information content (AvgIpc) is 2.90. The van der Waals surface area contributed by atoms with Crippen molar-refractivity contribution in [1.82, 2.24) is 15.1 Å². The van der Waals surface area contributed by atoms with Gasteiger partial charge in [-0.15, -0.1) is 0 Å². The summed E-state index contributed by atoms with van der Waals surface area (Å²) < 4.78 is 0. The second kappa shape index (κ2) is 5.05. The number of nitrogens with one attached hydrogen (secondary N) is 1. The fraction of sp³-hybridized carbons (Fsp3) is 0.400. The lowest BCUT2D eigenvalue weighted by atomic mass is 10.1. The third kappa shape index (κ3) is 2.12. The van der Waals surface area contributed by atoms with E-state index in [2.05, 4.69) is 58.1 Å². The molecule has 0 unspecified atom stereocenters. The molecule has 1 aromatic carbocycles. The van der Waals surface area contributed by atoms with Crippen molar-refractivity contribution in [2.24, 2.45) is 0 Å². The first-order chi connectivity index (χ1) is 9.33. The van der Waals surface area contributed by atoms with Gasteiger partial charge in [-0.1, -0.05) is 37.3 Å². The molecule has 4 heteroatoms. The molecule has 0 amide bonds. The lowest BCUT2D eigenvalue weighted by Gasteiger charge is -2.34. The molecule has 1 N–H and O–H groups in total. The number of benzene rings is 1. The smallest absolute Gasteiger partial charge is 0.156 e. The molecule has 19 heavy (non-hydrogen) atoms. The number of anilines is 1. The third-order valence-electron chi connectivity index (χ3n) is 3.79. The number of nitrogens with zero attached hydrogens (tertiary/aromatic N) is 3. The van der Waals surface area contributed by atoms with Crippen LogP contribution in [-0.4, -0.2) is 34.9 Å². The van der Waals surface area contributed by atoms with Crippen LogP contribution in [0.2, 0.25) is 0 Å². The summed E-state index contributed by atoms with van der Waals surface area (Å²) in [4.78, 5) is 4.76. The van der Waals surface area contributed by atoms with Crippen LogP contribution in [0.1, 0.15) is 19.4 Å². The maximum absolute atomic E-state index is 4.53. The molecule has 1 aromatic heterocycles. The Morgan fingerprint density at radius 3 is 2.63 bits per heavy atom. The first-order valence-corrected chi connectivity index (χ1v) is 6.93. The Morgan fingerprint density at radius 2 is 1.95 bits per heavy atom. The maximum Gasteiger partial charge on any atom is 0.156 e. The van der Waals surface area contributed by atoms with Gasteiger partial charge in [0, 0.05) is 18.7 Å². The first kappa shape index (κ1) is 12.2. The van der Waals surface area contributed by atoms with E-state index in [-0.39, 0.29) is 0 Å². The minimum Gasteiger partial charge on any atom is -0.342 e. The highest BCUT2D eigenvalue weighted by Gasteiger charge is 2.26. The molecule has 0 spiro atoms. The molecule has 0 atom stereocenters. The molecule has 0 bridgehead atoms. The van der Waals surface area contributed by atoms with Crippen molar-refractivity contribution in [3.63, 3.8) is 0 Å². The van der Waals surface area contributed by atoms with Gasteiger partial charge in [0.2, 0.25) is 0 Å². The van der Waals surface area contributed by atoms with Crippen LogP contribution in [0, 0.1) is 0 Å². The molecule has 2 heterocycles. The topological polar surface area (TPSA) is 35.2 Å². The zero-order valence-electron chi connectivity index (χ0n) is 11.6. The Hall–Kier alpha value is -1.81. The van der Waals surface area contributed by atoms with Crippen LogP contribution in [0.4, 0.5) is 5.82 Å². The molecule has 0 radical (unpaired) electrons. The fourth-order valence-corrected chi connectivity index (χ4v) is 2.65. The molecule has 1 aliphatic heterocycles. The summed E-state index contributed by atoms with van der Waals surface area (Å²) >= 11 is 0. The van der Waals surface area contributed by atoms with Gasteiger partial charge in [-0.25, -0.2) is 0 Å². The Labute approximate surface area is 114 Å².